The van der Waals surface area contributed by atoms with Gasteiger partial charge in [0.05, 0.1) is 18.7 Å². The second-order valence-corrected chi connectivity index (χ2v) is 6.32. The quantitative estimate of drug-likeness (QED) is 0.845. The van der Waals surface area contributed by atoms with Gasteiger partial charge in [-0.15, -0.1) is 0 Å². The highest BCUT2D eigenvalue weighted by Crippen LogP contribution is 2.22. The van der Waals surface area contributed by atoms with E-state index in [1.165, 1.54) is 12.3 Å². The van der Waals surface area contributed by atoms with Crippen LogP contribution in [0.2, 0.25) is 5.02 Å². The molecule has 2 aromatic heterocycles. The van der Waals surface area contributed by atoms with Gasteiger partial charge in [0, 0.05) is 17.3 Å². The Labute approximate surface area is 136 Å². The van der Waals surface area contributed by atoms with E-state index in [0.29, 0.717) is 29.7 Å². The number of thiazole rings is 1. The van der Waals surface area contributed by atoms with Gasteiger partial charge in [0.2, 0.25) is 5.88 Å². The molecule has 0 radical (unpaired) electrons. The monoisotopic (exact) mass is 341 g/mol. The van der Waals surface area contributed by atoms with Crippen molar-refractivity contribution >= 4 is 28.8 Å². The lowest BCUT2D eigenvalue weighted by molar-refractivity contribution is 0.0950. The first-order valence-corrected chi connectivity index (χ1v) is 7.94. The smallest absolute Gasteiger partial charge is 0.304 e. The fourth-order valence-corrected chi connectivity index (χ4v) is 2.38. The van der Waals surface area contributed by atoms with E-state index in [4.69, 9.17) is 16.3 Å². The third-order valence-corrected chi connectivity index (χ3v) is 3.62. The zero-order valence-electron chi connectivity index (χ0n) is 12.2. The van der Waals surface area contributed by atoms with Gasteiger partial charge >= 0.3 is 4.87 Å². The number of rotatable bonds is 6. The maximum absolute atomic E-state index is 12.0. The number of hydrogen-bond acceptors (Lipinski definition) is 5. The molecule has 2 heterocycles. The van der Waals surface area contributed by atoms with Crippen molar-refractivity contribution in [1.82, 2.24) is 15.3 Å². The second-order valence-electron chi connectivity index (χ2n) is 5.07. The van der Waals surface area contributed by atoms with Crippen molar-refractivity contribution in [3.8, 4) is 5.88 Å². The Kier molecular flexibility index (Phi) is 5.57. The number of carbonyl (C=O) groups is 1. The number of nitrogens with zero attached hydrogens (tertiary/aromatic N) is 1. The first-order valence-electron chi connectivity index (χ1n) is 6.69. The lowest BCUT2D eigenvalue weighted by atomic mass is 10.2. The number of H-pyrrole nitrogens is 1. The molecule has 0 atom stereocenters. The molecule has 22 heavy (non-hydrogen) atoms. The normalized spacial score (nSPS) is 10.7. The molecule has 0 bridgehead atoms. The van der Waals surface area contributed by atoms with Crippen LogP contribution in [0.1, 0.15) is 29.9 Å². The molecule has 0 saturated heterocycles. The summed E-state index contributed by atoms with van der Waals surface area (Å²) in [5.41, 5.74) is 0.985. The van der Waals surface area contributed by atoms with Crippen LogP contribution in [0.25, 0.3) is 0 Å². The minimum absolute atomic E-state index is 0.152. The molecule has 0 saturated carbocycles. The summed E-state index contributed by atoms with van der Waals surface area (Å²) in [6.45, 7) is 4.78. The molecule has 2 aromatic rings. The Morgan fingerprint density at radius 2 is 2.32 bits per heavy atom. The first kappa shape index (κ1) is 16.5. The van der Waals surface area contributed by atoms with Crippen molar-refractivity contribution in [2.75, 3.05) is 6.61 Å². The molecule has 2 N–H and O–H groups in total. The summed E-state index contributed by atoms with van der Waals surface area (Å²) in [6.07, 6.45) is 1.41. The van der Waals surface area contributed by atoms with Crippen LogP contribution >= 0.6 is 22.9 Å². The molecule has 0 aliphatic carbocycles. The number of aromatic nitrogens is 2. The number of halogens is 1. The SMILES string of the molecule is CC(C)COc1ncc(C(=O)NCc2csc(=O)[nH]2)cc1Cl. The zero-order chi connectivity index (χ0) is 16.1. The Hall–Kier alpha value is -1.86. The number of carbonyl (C=O) groups excluding carboxylic acids is 1. The molecule has 0 unspecified atom stereocenters. The lowest BCUT2D eigenvalue weighted by Gasteiger charge is -2.10. The van der Waals surface area contributed by atoms with Gasteiger partial charge in [-0.2, -0.15) is 0 Å². The molecule has 0 fully saturated rings. The predicted molar refractivity (Wildman–Crippen MR) is 85.7 cm³/mol. The Bertz CT molecular complexity index is 711. The van der Waals surface area contributed by atoms with E-state index >= 15 is 0 Å². The minimum Gasteiger partial charge on any atom is -0.476 e. The molecule has 8 heteroatoms. The standard InChI is InChI=1S/C14H16ClN3O3S/c1-8(2)6-21-13-11(15)3-9(4-17-13)12(19)16-5-10-7-22-14(20)18-10/h3-4,7-8H,5-6H2,1-2H3,(H,16,19)(H,18,20). The Morgan fingerprint density at radius 1 is 1.55 bits per heavy atom. The van der Waals surface area contributed by atoms with E-state index in [0.717, 1.165) is 11.3 Å². The third kappa shape index (κ3) is 4.57. The van der Waals surface area contributed by atoms with Crippen molar-refractivity contribution in [3.05, 3.63) is 43.6 Å². The van der Waals surface area contributed by atoms with Crippen molar-refractivity contribution in [1.29, 1.82) is 0 Å². The van der Waals surface area contributed by atoms with Crippen molar-refractivity contribution in [3.63, 3.8) is 0 Å². The van der Waals surface area contributed by atoms with Crippen LogP contribution in [0.3, 0.4) is 0 Å². The van der Waals surface area contributed by atoms with Crippen LogP contribution in [0, 0.1) is 5.92 Å². The van der Waals surface area contributed by atoms with Gasteiger partial charge in [-0.05, 0) is 12.0 Å². The zero-order valence-corrected chi connectivity index (χ0v) is 13.8. The molecule has 2 rings (SSSR count). The van der Waals surface area contributed by atoms with E-state index in [-0.39, 0.29) is 22.3 Å². The third-order valence-electron chi connectivity index (χ3n) is 2.63. The molecule has 1 amide bonds. The van der Waals surface area contributed by atoms with Crippen molar-refractivity contribution in [2.45, 2.75) is 20.4 Å². The van der Waals surface area contributed by atoms with Gasteiger partial charge in [-0.1, -0.05) is 36.8 Å². The van der Waals surface area contributed by atoms with Gasteiger partial charge in [-0.25, -0.2) is 4.98 Å². The number of ether oxygens (including phenoxy) is 1. The van der Waals surface area contributed by atoms with E-state index in [1.807, 2.05) is 13.8 Å². The van der Waals surface area contributed by atoms with Crippen LogP contribution in [0.4, 0.5) is 0 Å². The number of nitrogens with one attached hydrogen (secondary N) is 2. The van der Waals surface area contributed by atoms with Crippen LogP contribution in [-0.2, 0) is 6.54 Å². The minimum atomic E-state index is -0.322. The topological polar surface area (TPSA) is 84.1 Å². The van der Waals surface area contributed by atoms with Gasteiger partial charge in [0.1, 0.15) is 5.02 Å². The number of amides is 1. The highest BCUT2D eigenvalue weighted by Gasteiger charge is 2.11. The summed E-state index contributed by atoms with van der Waals surface area (Å²) in [7, 11) is 0. The summed E-state index contributed by atoms with van der Waals surface area (Å²) in [5, 5.41) is 4.64. The average molecular weight is 342 g/mol. The molecule has 0 aliphatic heterocycles. The summed E-state index contributed by atoms with van der Waals surface area (Å²) in [6, 6.07) is 1.51. The van der Waals surface area contributed by atoms with Gasteiger partial charge in [0.15, 0.2) is 0 Å². The van der Waals surface area contributed by atoms with Gasteiger partial charge in [-0.3, -0.25) is 9.59 Å². The highest BCUT2D eigenvalue weighted by atomic mass is 35.5. The number of aromatic amines is 1. The maximum Gasteiger partial charge on any atom is 0.304 e. The molecule has 0 spiro atoms. The first-order chi connectivity index (χ1) is 10.5. The largest absolute Gasteiger partial charge is 0.476 e. The second kappa shape index (κ2) is 7.42. The molecule has 0 aromatic carbocycles. The fourth-order valence-electron chi connectivity index (χ4n) is 1.58. The lowest BCUT2D eigenvalue weighted by Crippen LogP contribution is -2.23. The van der Waals surface area contributed by atoms with E-state index in [2.05, 4.69) is 15.3 Å². The van der Waals surface area contributed by atoms with E-state index in [1.54, 1.807) is 5.38 Å². The van der Waals surface area contributed by atoms with Crippen molar-refractivity contribution < 1.29 is 9.53 Å². The fraction of sp³-hybridized carbons (Fsp3) is 0.357. The Balaban J connectivity index is 1.98. The average Bonchev–Trinajstić information content (AvgIpc) is 2.89. The Morgan fingerprint density at radius 3 is 2.91 bits per heavy atom. The molecular formula is C14H16ClN3O3S. The van der Waals surface area contributed by atoms with E-state index in [9.17, 15) is 9.59 Å². The van der Waals surface area contributed by atoms with Crippen LogP contribution in [-0.4, -0.2) is 22.5 Å². The summed E-state index contributed by atoms with van der Waals surface area (Å²) in [4.78, 5) is 29.5. The summed E-state index contributed by atoms with van der Waals surface area (Å²) in [5.74, 6) is 0.347. The van der Waals surface area contributed by atoms with Gasteiger partial charge in [0.25, 0.3) is 5.91 Å². The van der Waals surface area contributed by atoms with E-state index < -0.39 is 0 Å². The molecular weight excluding hydrogens is 326 g/mol. The molecule has 118 valence electrons. The summed E-state index contributed by atoms with van der Waals surface area (Å²) < 4.78 is 5.45. The van der Waals surface area contributed by atoms with Crippen LogP contribution in [0.15, 0.2) is 22.4 Å². The maximum atomic E-state index is 12.0. The van der Waals surface area contributed by atoms with Crippen LogP contribution < -0.4 is 14.9 Å². The van der Waals surface area contributed by atoms with Crippen molar-refractivity contribution in [2.24, 2.45) is 5.92 Å². The van der Waals surface area contributed by atoms with Crippen LogP contribution in [0.5, 0.6) is 5.88 Å². The summed E-state index contributed by atoms with van der Waals surface area (Å²) >= 11 is 7.12. The van der Waals surface area contributed by atoms with Gasteiger partial charge < -0.3 is 15.0 Å². The highest BCUT2D eigenvalue weighted by molar-refractivity contribution is 7.07. The predicted octanol–water partition coefficient (Wildman–Crippen LogP) is 2.45. The molecule has 6 nitrogen and oxygen atoms in total. The molecule has 0 aliphatic rings. The number of hydrogen-bond donors (Lipinski definition) is 2. The number of pyridine rings is 1.